The Kier molecular flexibility index (Phi) is 1.85. The number of hydrogen-bond donors (Lipinski definition) is 0. The molecule has 0 aromatic carbocycles. The molecule has 3 aliphatic rings. The van der Waals surface area contributed by atoms with E-state index >= 15 is 0 Å². The van der Waals surface area contributed by atoms with E-state index in [0.29, 0.717) is 0 Å². The van der Waals surface area contributed by atoms with Gasteiger partial charge in [0, 0.05) is 0 Å². The molecule has 2 heteroatoms. The van der Waals surface area contributed by atoms with Crippen LogP contribution in [-0.2, 0) is 0 Å². The summed E-state index contributed by atoms with van der Waals surface area (Å²) in [7, 11) is 0. The van der Waals surface area contributed by atoms with Crippen LogP contribution in [-0.4, -0.2) is 23.5 Å². The summed E-state index contributed by atoms with van der Waals surface area (Å²) in [5, 5.41) is 9.57. The number of rotatable bonds is 3. The molecule has 0 unspecified atom stereocenters. The Balaban J connectivity index is 1.88. The monoisotopic (exact) mass is 190 g/mol. The Morgan fingerprint density at radius 3 is 1.86 bits per heavy atom. The minimum atomic E-state index is -0.0174. The van der Waals surface area contributed by atoms with Gasteiger partial charge in [-0.05, 0) is 63.5 Å². The van der Waals surface area contributed by atoms with Crippen LogP contribution in [0.25, 0.3) is 0 Å². The van der Waals surface area contributed by atoms with Crippen molar-refractivity contribution in [2.45, 2.75) is 44.1 Å². The molecule has 1 aliphatic heterocycles. The quantitative estimate of drug-likeness (QED) is 0.682. The van der Waals surface area contributed by atoms with Gasteiger partial charge >= 0.3 is 0 Å². The first-order chi connectivity index (χ1) is 6.88. The molecule has 14 heavy (non-hydrogen) atoms. The van der Waals surface area contributed by atoms with Crippen LogP contribution in [0.1, 0.15) is 38.5 Å². The van der Waals surface area contributed by atoms with Crippen LogP contribution in [0.5, 0.6) is 0 Å². The molecule has 0 bridgehead atoms. The molecule has 1 heterocycles. The SMILES string of the molecule is N#CC(C1CC1)(C1CC1)N1CCCC1. The molecule has 0 N–H and O–H groups in total. The van der Waals surface area contributed by atoms with Gasteiger partial charge in [0.1, 0.15) is 5.54 Å². The van der Waals surface area contributed by atoms with Crippen LogP contribution in [0.3, 0.4) is 0 Å². The van der Waals surface area contributed by atoms with Crippen molar-refractivity contribution in [1.29, 1.82) is 5.26 Å². The van der Waals surface area contributed by atoms with E-state index in [0.717, 1.165) is 11.8 Å². The number of nitriles is 1. The molecule has 0 radical (unpaired) electrons. The van der Waals surface area contributed by atoms with E-state index in [1.54, 1.807) is 0 Å². The van der Waals surface area contributed by atoms with Gasteiger partial charge in [-0.2, -0.15) is 5.26 Å². The molecule has 0 aromatic heterocycles. The van der Waals surface area contributed by atoms with Crippen molar-refractivity contribution in [3.05, 3.63) is 0 Å². The van der Waals surface area contributed by atoms with Gasteiger partial charge < -0.3 is 0 Å². The Bertz CT molecular complexity index is 253. The van der Waals surface area contributed by atoms with E-state index in [1.165, 1.54) is 51.6 Å². The number of hydrogen-bond acceptors (Lipinski definition) is 2. The minimum absolute atomic E-state index is 0.0174. The summed E-state index contributed by atoms with van der Waals surface area (Å²) in [5.74, 6) is 1.44. The maximum absolute atomic E-state index is 9.57. The largest absolute Gasteiger partial charge is 0.285 e. The summed E-state index contributed by atoms with van der Waals surface area (Å²) in [6.45, 7) is 2.36. The van der Waals surface area contributed by atoms with E-state index in [-0.39, 0.29) is 5.54 Å². The molecular weight excluding hydrogens is 172 g/mol. The Morgan fingerprint density at radius 1 is 1.00 bits per heavy atom. The summed E-state index contributed by atoms with van der Waals surface area (Å²) in [6.07, 6.45) is 7.84. The maximum Gasteiger partial charge on any atom is 0.114 e. The summed E-state index contributed by atoms with van der Waals surface area (Å²) in [4.78, 5) is 2.52. The highest BCUT2D eigenvalue weighted by Gasteiger charge is 2.58. The van der Waals surface area contributed by atoms with Gasteiger partial charge in [-0.1, -0.05) is 0 Å². The van der Waals surface area contributed by atoms with Crippen LogP contribution in [0, 0.1) is 23.2 Å². The topological polar surface area (TPSA) is 27.0 Å². The van der Waals surface area contributed by atoms with Crippen LogP contribution in [0.4, 0.5) is 0 Å². The van der Waals surface area contributed by atoms with Crippen LogP contribution in [0.2, 0.25) is 0 Å². The predicted octanol–water partition coefficient (Wildman–Crippen LogP) is 2.16. The fourth-order valence-corrected chi connectivity index (χ4v) is 3.24. The first kappa shape index (κ1) is 8.73. The second kappa shape index (κ2) is 2.97. The zero-order valence-corrected chi connectivity index (χ0v) is 8.71. The van der Waals surface area contributed by atoms with Gasteiger partial charge in [0.15, 0.2) is 0 Å². The van der Waals surface area contributed by atoms with Crippen molar-refractivity contribution in [2.75, 3.05) is 13.1 Å². The van der Waals surface area contributed by atoms with E-state index in [9.17, 15) is 5.26 Å². The zero-order chi connectivity index (χ0) is 9.60. The fourth-order valence-electron chi connectivity index (χ4n) is 3.24. The summed E-state index contributed by atoms with van der Waals surface area (Å²) in [5.41, 5.74) is -0.0174. The van der Waals surface area contributed by atoms with Crippen molar-refractivity contribution in [1.82, 2.24) is 4.90 Å². The van der Waals surface area contributed by atoms with Crippen molar-refractivity contribution in [2.24, 2.45) is 11.8 Å². The second-order valence-electron chi connectivity index (χ2n) is 5.18. The van der Waals surface area contributed by atoms with Gasteiger partial charge in [0.25, 0.3) is 0 Å². The van der Waals surface area contributed by atoms with Gasteiger partial charge in [-0.25, -0.2) is 0 Å². The second-order valence-corrected chi connectivity index (χ2v) is 5.18. The highest BCUT2D eigenvalue weighted by molar-refractivity contribution is 5.22. The van der Waals surface area contributed by atoms with Gasteiger partial charge in [-0.15, -0.1) is 0 Å². The first-order valence-electron chi connectivity index (χ1n) is 6.04. The summed E-state index contributed by atoms with van der Waals surface area (Å²) in [6, 6.07) is 2.71. The number of likely N-dealkylation sites (tertiary alicyclic amines) is 1. The molecule has 3 rings (SSSR count). The van der Waals surface area contributed by atoms with Gasteiger partial charge in [0.2, 0.25) is 0 Å². The highest BCUT2D eigenvalue weighted by Crippen LogP contribution is 2.55. The van der Waals surface area contributed by atoms with Crippen LogP contribution < -0.4 is 0 Å². The molecule has 0 amide bonds. The first-order valence-corrected chi connectivity index (χ1v) is 6.04. The number of nitrogens with zero attached hydrogens (tertiary/aromatic N) is 2. The fraction of sp³-hybridized carbons (Fsp3) is 0.917. The Hall–Kier alpha value is -0.550. The summed E-state index contributed by atoms with van der Waals surface area (Å²) < 4.78 is 0. The molecule has 0 spiro atoms. The molecule has 76 valence electrons. The Morgan fingerprint density at radius 2 is 1.50 bits per heavy atom. The lowest BCUT2D eigenvalue weighted by molar-refractivity contribution is 0.124. The van der Waals surface area contributed by atoms with Gasteiger partial charge in [0.05, 0.1) is 6.07 Å². The molecule has 1 saturated heterocycles. The Labute approximate surface area is 85.9 Å². The van der Waals surface area contributed by atoms with E-state index in [4.69, 9.17) is 0 Å². The van der Waals surface area contributed by atoms with E-state index < -0.39 is 0 Å². The van der Waals surface area contributed by atoms with Crippen molar-refractivity contribution >= 4 is 0 Å². The zero-order valence-electron chi connectivity index (χ0n) is 8.71. The predicted molar refractivity (Wildman–Crippen MR) is 54.6 cm³/mol. The third-order valence-electron chi connectivity index (χ3n) is 4.21. The molecular formula is C12H18N2. The average Bonchev–Trinajstić information content (AvgIpc) is 3.10. The smallest absolute Gasteiger partial charge is 0.114 e. The molecule has 2 nitrogen and oxygen atoms in total. The third-order valence-corrected chi connectivity index (χ3v) is 4.21. The third kappa shape index (κ3) is 1.12. The standard InChI is InChI=1S/C12H18N2/c13-9-12(10-3-4-10,11-5-6-11)14-7-1-2-8-14/h10-11H,1-8H2. The minimum Gasteiger partial charge on any atom is -0.285 e. The molecule has 3 fully saturated rings. The molecule has 2 aliphatic carbocycles. The molecule has 0 aromatic rings. The molecule has 2 saturated carbocycles. The van der Waals surface area contributed by atoms with Crippen LogP contribution in [0.15, 0.2) is 0 Å². The van der Waals surface area contributed by atoms with Crippen molar-refractivity contribution in [3.63, 3.8) is 0 Å². The molecule has 0 atom stereocenters. The lowest BCUT2D eigenvalue weighted by atomic mass is 9.87. The summed E-state index contributed by atoms with van der Waals surface area (Å²) >= 11 is 0. The van der Waals surface area contributed by atoms with Crippen molar-refractivity contribution < 1.29 is 0 Å². The van der Waals surface area contributed by atoms with Crippen molar-refractivity contribution in [3.8, 4) is 6.07 Å². The normalized spacial score (nSPS) is 29.1. The average molecular weight is 190 g/mol. The lowest BCUT2D eigenvalue weighted by Gasteiger charge is -2.36. The van der Waals surface area contributed by atoms with E-state index in [2.05, 4.69) is 11.0 Å². The highest BCUT2D eigenvalue weighted by atomic mass is 15.2. The lowest BCUT2D eigenvalue weighted by Crippen LogP contribution is -2.50. The van der Waals surface area contributed by atoms with Crippen LogP contribution >= 0.6 is 0 Å². The van der Waals surface area contributed by atoms with E-state index in [1.807, 2.05) is 0 Å². The van der Waals surface area contributed by atoms with Gasteiger partial charge in [-0.3, -0.25) is 4.90 Å². The maximum atomic E-state index is 9.57.